The van der Waals surface area contributed by atoms with Crippen LogP contribution in [0.4, 0.5) is 0 Å². The van der Waals surface area contributed by atoms with Crippen LogP contribution in [0, 0.1) is 0 Å². The third-order valence-electron chi connectivity index (χ3n) is 9.14. The van der Waals surface area contributed by atoms with Gasteiger partial charge in [-0.25, -0.2) is 19.2 Å². The summed E-state index contributed by atoms with van der Waals surface area (Å²) in [6.07, 6.45) is 11.7. The SMILES string of the molecule is CCCCCCCCCCCC(C)(c1ccc(Oc2ccc(C(=O)O)c(C(=O)O)c2)cc1)c1ccc(Oc2ccc(C(=O)O)c(C(=O)O)c2)cc1. The number of ether oxygens (including phenoxy) is 2. The molecule has 0 aliphatic heterocycles. The molecule has 0 saturated carbocycles. The van der Waals surface area contributed by atoms with E-state index in [1.54, 1.807) is 24.3 Å². The Bertz CT molecular complexity index is 1710. The zero-order valence-electron chi connectivity index (χ0n) is 28.9. The Morgan fingerprint density at radius 3 is 1.16 bits per heavy atom. The molecular formula is C41H44O10. The highest BCUT2D eigenvalue weighted by Crippen LogP contribution is 2.39. The van der Waals surface area contributed by atoms with Crippen molar-refractivity contribution in [3.8, 4) is 23.0 Å². The van der Waals surface area contributed by atoms with Gasteiger partial charge >= 0.3 is 23.9 Å². The molecule has 268 valence electrons. The minimum absolute atomic E-state index is 0.200. The largest absolute Gasteiger partial charge is 0.478 e. The molecule has 4 aromatic carbocycles. The minimum atomic E-state index is -1.36. The molecule has 10 nitrogen and oxygen atoms in total. The zero-order chi connectivity index (χ0) is 37.0. The predicted octanol–water partition coefficient (Wildman–Crippen LogP) is 10.3. The van der Waals surface area contributed by atoms with Gasteiger partial charge in [-0.1, -0.05) is 95.9 Å². The van der Waals surface area contributed by atoms with Crippen molar-refractivity contribution in [1.29, 1.82) is 0 Å². The number of aromatic carboxylic acids is 4. The Kier molecular flexibility index (Phi) is 13.4. The van der Waals surface area contributed by atoms with Crippen molar-refractivity contribution in [2.45, 2.75) is 83.5 Å². The number of hydrogen-bond donors (Lipinski definition) is 4. The van der Waals surface area contributed by atoms with Gasteiger partial charge < -0.3 is 29.9 Å². The van der Waals surface area contributed by atoms with E-state index in [-0.39, 0.29) is 33.8 Å². The highest BCUT2D eigenvalue weighted by atomic mass is 16.5. The van der Waals surface area contributed by atoms with Crippen LogP contribution < -0.4 is 9.47 Å². The van der Waals surface area contributed by atoms with Crippen LogP contribution in [0.15, 0.2) is 84.9 Å². The van der Waals surface area contributed by atoms with Crippen LogP contribution in [0.2, 0.25) is 0 Å². The summed E-state index contributed by atoms with van der Waals surface area (Å²) in [5, 5.41) is 37.6. The minimum Gasteiger partial charge on any atom is -0.478 e. The Morgan fingerprint density at radius 1 is 0.471 bits per heavy atom. The van der Waals surface area contributed by atoms with Gasteiger partial charge in [0.15, 0.2) is 0 Å². The molecule has 0 atom stereocenters. The average Bonchev–Trinajstić information content (AvgIpc) is 3.11. The topological polar surface area (TPSA) is 168 Å². The van der Waals surface area contributed by atoms with E-state index in [0.717, 1.165) is 30.4 Å². The summed E-state index contributed by atoms with van der Waals surface area (Å²) in [6.45, 7) is 4.39. The molecule has 0 spiro atoms. The molecule has 0 saturated heterocycles. The van der Waals surface area contributed by atoms with E-state index < -0.39 is 29.3 Å². The Morgan fingerprint density at radius 2 is 0.804 bits per heavy atom. The third-order valence-corrected chi connectivity index (χ3v) is 9.14. The van der Waals surface area contributed by atoms with E-state index >= 15 is 0 Å². The Labute approximate surface area is 297 Å². The molecule has 51 heavy (non-hydrogen) atoms. The van der Waals surface area contributed by atoms with Gasteiger partial charge in [0.05, 0.1) is 22.3 Å². The van der Waals surface area contributed by atoms with Crippen molar-refractivity contribution >= 4 is 23.9 Å². The molecule has 0 heterocycles. The van der Waals surface area contributed by atoms with Crippen molar-refractivity contribution < 1.29 is 49.1 Å². The predicted molar refractivity (Wildman–Crippen MR) is 192 cm³/mol. The van der Waals surface area contributed by atoms with Crippen molar-refractivity contribution in [3.63, 3.8) is 0 Å². The smallest absolute Gasteiger partial charge is 0.336 e. The lowest BCUT2D eigenvalue weighted by atomic mass is 9.72. The molecule has 0 radical (unpaired) electrons. The fourth-order valence-electron chi connectivity index (χ4n) is 6.20. The Hall–Kier alpha value is -5.64. The monoisotopic (exact) mass is 696 g/mol. The molecule has 0 unspecified atom stereocenters. The normalized spacial score (nSPS) is 11.2. The van der Waals surface area contributed by atoms with Crippen LogP contribution in [0.5, 0.6) is 23.0 Å². The first-order valence-electron chi connectivity index (χ1n) is 17.2. The summed E-state index contributed by atoms with van der Waals surface area (Å²) in [6, 6.07) is 22.7. The number of carboxylic acids is 4. The maximum atomic E-state index is 11.6. The number of benzene rings is 4. The van der Waals surface area contributed by atoms with Crippen LogP contribution in [0.1, 0.15) is 131 Å². The summed E-state index contributed by atoms with van der Waals surface area (Å²) in [5.41, 5.74) is 0.285. The first-order valence-corrected chi connectivity index (χ1v) is 17.2. The number of carboxylic acid groups (broad SMARTS) is 4. The fraction of sp³-hybridized carbons (Fsp3) is 0.317. The molecule has 0 fully saturated rings. The maximum Gasteiger partial charge on any atom is 0.336 e. The maximum absolute atomic E-state index is 11.6. The third kappa shape index (κ3) is 10.2. The van der Waals surface area contributed by atoms with Crippen molar-refractivity contribution in [2.75, 3.05) is 0 Å². The molecule has 4 aromatic rings. The standard InChI is InChI=1S/C41H44O10/c1-3-4-5-6-7-8-9-10-11-24-41(2,27-12-16-29(17-13-27)50-31-20-22-33(37(42)43)35(25-31)39(46)47)28-14-18-30(19-15-28)51-32-21-23-34(38(44)45)36(26-32)40(48)49/h12-23,25-26H,3-11,24H2,1-2H3,(H,42,43)(H,44,45)(H,46,47)(H,48,49). The second kappa shape index (κ2) is 17.8. The van der Waals surface area contributed by atoms with Gasteiger partial charge in [0.25, 0.3) is 0 Å². The van der Waals surface area contributed by atoms with Crippen LogP contribution in [-0.2, 0) is 5.41 Å². The van der Waals surface area contributed by atoms with Gasteiger partial charge in [0.2, 0.25) is 0 Å². The van der Waals surface area contributed by atoms with Crippen molar-refractivity contribution in [1.82, 2.24) is 0 Å². The fourth-order valence-corrected chi connectivity index (χ4v) is 6.20. The first-order chi connectivity index (χ1) is 24.4. The molecule has 0 bridgehead atoms. The van der Waals surface area contributed by atoms with E-state index in [4.69, 9.17) is 9.47 Å². The molecule has 4 N–H and O–H groups in total. The van der Waals surface area contributed by atoms with Crippen molar-refractivity contribution in [2.24, 2.45) is 0 Å². The second-order valence-corrected chi connectivity index (χ2v) is 12.8. The summed E-state index contributed by atoms with van der Waals surface area (Å²) in [5.74, 6) is -4.08. The lowest BCUT2D eigenvalue weighted by Gasteiger charge is -2.31. The van der Waals surface area contributed by atoms with E-state index in [1.807, 2.05) is 24.3 Å². The van der Waals surface area contributed by atoms with Crippen LogP contribution >= 0.6 is 0 Å². The lowest BCUT2D eigenvalue weighted by Crippen LogP contribution is -2.23. The first kappa shape index (κ1) is 38.2. The Balaban J connectivity index is 1.54. The van der Waals surface area contributed by atoms with Crippen LogP contribution in [0.3, 0.4) is 0 Å². The van der Waals surface area contributed by atoms with Crippen LogP contribution in [-0.4, -0.2) is 44.3 Å². The van der Waals surface area contributed by atoms with Gasteiger partial charge in [-0.2, -0.15) is 0 Å². The van der Waals surface area contributed by atoms with E-state index in [9.17, 15) is 39.6 Å². The molecule has 0 aromatic heterocycles. The number of hydrogen-bond acceptors (Lipinski definition) is 6. The van der Waals surface area contributed by atoms with E-state index in [0.29, 0.717) is 11.5 Å². The van der Waals surface area contributed by atoms with Gasteiger partial charge in [-0.3, -0.25) is 0 Å². The lowest BCUT2D eigenvalue weighted by molar-refractivity contribution is 0.0651. The van der Waals surface area contributed by atoms with Gasteiger partial charge in [-0.15, -0.1) is 0 Å². The number of unbranched alkanes of at least 4 members (excludes halogenated alkanes) is 8. The average molecular weight is 697 g/mol. The number of rotatable bonds is 20. The molecule has 0 amide bonds. The molecule has 0 aliphatic carbocycles. The summed E-state index contributed by atoms with van der Waals surface area (Å²) >= 11 is 0. The number of carbonyl (C=O) groups is 4. The molecule has 0 aliphatic rings. The second-order valence-electron chi connectivity index (χ2n) is 12.8. The highest BCUT2D eigenvalue weighted by Gasteiger charge is 2.29. The van der Waals surface area contributed by atoms with Gasteiger partial charge in [0.1, 0.15) is 23.0 Å². The summed E-state index contributed by atoms with van der Waals surface area (Å²) in [4.78, 5) is 46.1. The highest BCUT2D eigenvalue weighted by molar-refractivity contribution is 6.02. The summed E-state index contributed by atoms with van der Waals surface area (Å²) < 4.78 is 11.8. The van der Waals surface area contributed by atoms with Crippen molar-refractivity contribution in [3.05, 3.63) is 118 Å². The van der Waals surface area contributed by atoms with E-state index in [1.165, 1.54) is 81.3 Å². The molecule has 4 rings (SSSR count). The summed E-state index contributed by atoms with van der Waals surface area (Å²) in [7, 11) is 0. The van der Waals surface area contributed by atoms with E-state index in [2.05, 4.69) is 13.8 Å². The molecule has 10 heteroatoms. The van der Waals surface area contributed by atoms with Crippen LogP contribution in [0.25, 0.3) is 0 Å². The molecular weight excluding hydrogens is 652 g/mol. The quantitative estimate of drug-likeness (QED) is 0.0653. The van der Waals surface area contributed by atoms with Gasteiger partial charge in [-0.05, 0) is 78.2 Å². The van der Waals surface area contributed by atoms with Gasteiger partial charge in [0, 0.05) is 5.41 Å². The zero-order valence-corrected chi connectivity index (χ0v) is 28.9.